The number of carbonyl (C=O) groups is 2. The van der Waals surface area contributed by atoms with E-state index >= 15 is 0 Å². The maximum absolute atomic E-state index is 14.7. The van der Waals surface area contributed by atoms with Gasteiger partial charge in [-0.05, 0) is 91.6 Å². The molecule has 0 aliphatic carbocycles. The van der Waals surface area contributed by atoms with Gasteiger partial charge >= 0.3 is 0 Å². The average molecular weight is 726 g/mol. The zero-order valence-electron chi connectivity index (χ0n) is 30.6. The number of nitrogens with zero attached hydrogens (tertiary/aromatic N) is 5. The summed E-state index contributed by atoms with van der Waals surface area (Å²) in [5.41, 5.74) is 5.59. The Morgan fingerprint density at radius 3 is 2.17 bits per heavy atom. The summed E-state index contributed by atoms with van der Waals surface area (Å²) in [5.74, 6) is -0.384. The number of carbonyl (C=O) groups excluding carboxylic acids is 2. The minimum atomic E-state index is -3.59. The fraction of sp³-hybridized carbons (Fsp3) is 0.439. The van der Waals surface area contributed by atoms with Crippen LogP contribution in [0, 0.1) is 6.92 Å². The van der Waals surface area contributed by atoms with Crippen molar-refractivity contribution in [1.82, 2.24) is 23.9 Å². The largest absolute Gasteiger partial charge is 0.394 e. The quantitative estimate of drug-likeness (QED) is 0.166. The van der Waals surface area contributed by atoms with Crippen LogP contribution in [0.4, 0.5) is 0 Å². The SMILES string of the molecule is CCCCN(CCCC)C(=O)c1cc(C)n(-c2ccc(-c3ccc(S(=O)(=O)N4CCCCC4)cc3)cc2C(=O)N2Cc3ccccc3C[C@H]2CO)n1. The van der Waals surface area contributed by atoms with Gasteiger partial charge in [-0.15, -0.1) is 0 Å². The first-order valence-electron chi connectivity index (χ1n) is 18.8. The first-order valence-corrected chi connectivity index (χ1v) is 20.2. The third-order valence-electron chi connectivity index (χ3n) is 10.4. The van der Waals surface area contributed by atoms with E-state index in [1.165, 1.54) is 0 Å². The van der Waals surface area contributed by atoms with Gasteiger partial charge < -0.3 is 14.9 Å². The van der Waals surface area contributed by atoms with Crippen LogP contribution in [0.2, 0.25) is 0 Å². The van der Waals surface area contributed by atoms with Crippen molar-refractivity contribution >= 4 is 21.8 Å². The summed E-state index contributed by atoms with van der Waals surface area (Å²) in [6.45, 7) is 8.64. The van der Waals surface area contributed by atoms with Crippen LogP contribution in [0.25, 0.3) is 16.8 Å². The number of aryl methyl sites for hydroxylation is 1. The molecule has 52 heavy (non-hydrogen) atoms. The van der Waals surface area contributed by atoms with Crippen LogP contribution < -0.4 is 0 Å². The van der Waals surface area contributed by atoms with E-state index in [4.69, 9.17) is 5.10 Å². The monoisotopic (exact) mass is 725 g/mol. The minimum absolute atomic E-state index is 0.124. The molecule has 6 rings (SSSR count). The molecule has 3 heterocycles. The summed E-state index contributed by atoms with van der Waals surface area (Å²) < 4.78 is 29.9. The van der Waals surface area contributed by atoms with Crippen LogP contribution in [0.15, 0.2) is 77.7 Å². The molecule has 1 N–H and O–H groups in total. The number of aliphatic hydroxyl groups excluding tert-OH is 1. The first kappa shape index (κ1) is 37.4. The van der Waals surface area contributed by atoms with Crippen molar-refractivity contribution in [1.29, 1.82) is 0 Å². The highest BCUT2D eigenvalue weighted by Gasteiger charge is 2.32. The molecule has 10 nitrogen and oxygen atoms in total. The molecular weight excluding hydrogens is 675 g/mol. The highest BCUT2D eigenvalue weighted by atomic mass is 32.2. The second-order valence-corrected chi connectivity index (χ2v) is 16.0. The van der Waals surface area contributed by atoms with Crippen molar-refractivity contribution in [2.24, 2.45) is 0 Å². The predicted molar refractivity (Wildman–Crippen MR) is 203 cm³/mol. The lowest BCUT2D eigenvalue weighted by molar-refractivity contribution is 0.0544. The van der Waals surface area contributed by atoms with Crippen molar-refractivity contribution in [2.75, 3.05) is 32.8 Å². The number of unbranched alkanes of at least 4 members (excludes halogenated alkanes) is 2. The molecule has 0 radical (unpaired) electrons. The van der Waals surface area contributed by atoms with Crippen LogP contribution in [0.1, 0.15) is 96.5 Å². The van der Waals surface area contributed by atoms with Crippen molar-refractivity contribution in [3.05, 3.63) is 101 Å². The molecule has 3 aromatic carbocycles. The van der Waals surface area contributed by atoms with Crippen LogP contribution in [0.3, 0.4) is 0 Å². The smallest absolute Gasteiger partial charge is 0.274 e. The molecule has 0 bridgehead atoms. The van der Waals surface area contributed by atoms with Crippen molar-refractivity contribution in [3.8, 4) is 16.8 Å². The minimum Gasteiger partial charge on any atom is -0.394 e. The topological polar surface area (TPSA) is 116 Å². The third-order valence-corrected chi connectivity index (χ3v) is 12.3. The lowest BCUT2D eigenvalue weighted by Crippen LogP contribution is -2.46. The van der Waals surface area contributed by atoms with Gasteiger partial charge in [-0.1, -0.05) is 75.6 Å². The van der Waals surface area contributed by atoms with E-state index in [0.29, 0.717) is 61.8 Å². The molecule has 1 aromatic heterocycles. The van der Waals surface area contributed by atoms with Crippen LogP contribution >= 0.6 is 0 Å². The molecule has 0 saturated carbocycles. The molecule has 2 amide bonds. The maximum atomic E-state index is 14.7. The number of aromatic nitrogens is 2. The number of hydrogen-bond acceptors (Lipinski definition) is 6. The van der Waals surface area contributed by atoms with E-state index in [9.17, 15) is 23.1 Å². The number of sulfonamides is 1. The van der Waals surface area contributed by atoms with E-state index in [-0.39, 0.29) is 23.3 Å². The van der Waals surface area contributed by atoms with E-state index in [0.717, 1.165) is 67.2 Å². The van der Waals surface area contributed by atoms with Crippen LogP contribution in [-0.4, -0.2) is 88.1 Å². The Kier molecular flexibility index (Phi) is 11.9. The van der Waals surface area contributed by atoms with Crippen LogP contribution in [0.5, 0.6) is 0 Å². The lowest BCUT2D eigenvalue weighted by Gasteiger charge is -2.36. The third kappa shape index (κ3) is 7.86. The normalized spacial score (nSPS) is 16.5. The van der Waals surface area contributed by atoms with Crippen molar-refractivity contribution in [3.63, 3.8) is 0 Å². The lowest BCUT2D eigenvalue weighted by atomic mass is 9.93. The Labute approximate surface area is 308 Å². The fourth-order valence-corrected chi connectivity index (χ4v) is 8.80. The van der Waals surface area contributed by atoms with Gasteiger partial charge in [-0.25, -0.2) is 13.1 Å². The number of amides is 2. The molecule has 1 saturated heterocycles. The van der Waals surface area contributed by atoms with E-state index in [2.05, 4.69) is 13.8 Å². The van der Waals surface area contributed by atoms with E-state index < -0.39 is 16.1 Å². The Hall–Kier alpha value is -4.32. The van der Waals surface area contributed by atoms with Crippen LogP contribution in [-0.2, 0) is 23.0 Å². The molecule has 11 heteroatoms. The number of fused-ring (bicyclic) bond motifs is 1. The van der Waals surface area contributed by atoms with Crippen molar-refractivity contribution < 1.29 is 23.1 Å². The Morgan fingerprint density at radius 1 is 0.865 bits per heavy atom. The van der Waals surface area contributed by atoms with E-state index in [1.807, 2.05) is 54.3 Å². The van der Waals surface area contributed by atoms with Gasteiger partial charge in [0.05, 0.1) is 28.8 Å². The summed E-state index contributed by atoms with van der Waals surface area (Å²) in [6, 6.07) is 21.7. The summed E-state index contributed by atoms with van der Waals surface area (Å²) in [4.78, 5) is 32.3. The second-order valence-electron chi connectivity index (χ2n) is 14.0. The maximum Gasteiger partial charge on any atom is 0.274 e. The standard InChI is InChI=1S/C41H51N5O5S/c1-4-6-21-43(22-7-5-2)41(49)38-25-30(3)46(42-38)39-20-17-33(31-15-18-36(19-16-31)52(50,51)44-23-11-8-12-24-44)27-37(39)40(48)45-28-34-14-10-9-13-32(34)26-35(45)29-47/h9-10,13-20,25,27,35,47H,4-8,11-12,21-24,26,28-29H2,1-3H3/t35-/m0/s1. The molecule has 2 aliphatic rings. The van der Waals surface area contributed by atoms with Gasteiger partial charge in [0.2, 0.25) is 10.0 Å². The molecule has 0 spiro atoms. The highest BCUT2D eigenvalue weighted by molar-refractivity contribution is 7.89. The number of aliphatic hydroxyl groups is 1. The number of hydrogen-bond donors (Lipinski definition) is 1. The van der Waals surface area contributed by atoms with Gasteiger partial charge in [0.15, 0.2) is 5.69 Å². The molecule has 2 aliphatic heterocycles. The highest BCUT2D eigenvalue weighted by Crippen LogP contribution is 2.31. The van der Waals surface area contributed by atoms with Gasteiger partial charge in [0.25, 0.3) is 11.8 Å². The van der Waals surface area contributed by atoms with E-state index in [1.54, 1.807) is 44.2 Å². The second kappa shape index (κ2) is 16.6. The predicted octanol–water partition coefficient (Wildman–Crippen LogP) is 6.62. The molecule has 4 aromatic rings. The molecular formula is C41H51N5O5S. The summed E-state index contributed by atoms with van der Waals surface area (Å²) in [5, 5.41) is 15.3. The number of piperidine rings is 1. The molecule has 1 atom stereocenters. The summed E-state index contributed by atoms with van der Waals surface area (Å²) >= 11 is 0. The Morgan fingerprint density at radius 2 is 1.52 bits per heavy atom. The number of benzene rings is 3. The zero-order chi connectivity index (χ0) is 36.8. The summed E-state index contributed by atoms with van der Waals surface area (Å²) in [7, 11) is -3.59. The zero-order valence-corrected chi connectivity index (χ0v) is 31.4. The summed E-state index contributed by atoms with van der Waals surface area (Å²) in [6.07, 6.45) is 7.07. The van der Waals surface area contributed by atoms with Gasteiger partial charge in [0.1, 0.15) is 0 Å². The first-order chi connectivity index (χ1) is 25.2. The Bertz CT molecular complexity index is 1980. The molecule has 0 unspecified atom stereocenters. The van der Waals surface area contributed by atoms with Crippen molar-refractivity contribution in [2.45, 2.75) is 89.6 Å². The molecule has 276 valence electrons. The number of rotatable bonds is 13. The van der Waals surface area contributed by atoms with Gasteiger partial charge in [0, 0.05) is 38.4 Å². The Balaban J connectivity index is 1.39. The van der Waals surface area contributed by atoms with Gasteiger partial charge in [-0.2, -0.15) is 9.40 Å². The van der Waals surface area contributed by atoms with Gasteiger partial charge in [-0.3, -0.25) is 9.59 Å². The fourth-order valence-electron chi connectivity index (χ4n) is 7.29. The average Bonchev–Trinajstić information content (AvgIpc) is 3.58. The molecule has 1 fully saturated rings.